The van der Waals surface area contributed by atoms with E-state index in [1.165, 1.54) is 16.9 Å². The first kappa shape index (κ1) is 27.3. The third-order valence-electron chi connectivity index (χ3n) is 8.37. The number of carbonyl (C=O) groups excluding carboxylic acids is 2. The highest BCUT2D eigenvalue weighted by atomic mass is 32.1. The van der Waals surface area contributed by atoms with Crippen LogP contribution in [0.4, 0.5) is 16.2 Å². The number of rotatable bonds is 3. The summed E-state index contributed by atoms with van der Waals surface area (Å²) < 4.78 is 5.69. The highest BCUT2D eigenvalue weighted by Crippen LogP contribution is 2.37. The number of aromatic nitrogens is 1. The molecule has 4 heterocycles. The van der Waals surface area contributed by atoms with Gasteiger partial charge >= 0.3 is 6.09 Å². The van der Waals surface area contributed by atoms with Crippen molar-refractivity contribution < 1.29 is 14.3 Å². The van der Waals surface area contributed by atoms with Crippen molar-refractivity contribution in [3.05, 3.63) is 51.5 Å². The Kier molecular flexibility index (Phi) is 6.81. The van der Waals surface area contributed by atoms with E-state index in [-0.39, 0.29) is 30.1 Å². The summed E-state index contributed by atoms with van der Waals surface area (Å²) in [6.45, 7) is 8.97. The maximum atomic E-state index is 13.2. The van der Waals surface area contributed by atoms with Crippen molar-refractivity contribution in [3.8, 4) is 6.07 Å². The summed E-state index contributed by atoms with van der Waals surface area (Å²) >= 11 is 1.32. The standard InChI is InChI=1S/C31H36N6O3S/c1-17-5-10-24-26(33)27(41-29(24)34-17)28(38)35-21-7-6-18-13-25(20(14-32)11-19(18)12-21)36-15-22-8-9-23(16-36)37(22)30(39)40-31(2,3)4/h5,10-11,13,21-23H,6-9,12,15-16,33H2,1-4H3,(H,35,38)/t21-,22?,23?/m1/s1. The average molecular weight is 573 g/mol. The first-order valence-electron chi connectivity index (χ1n) is 14.3. The van der Waals surface area contributed by atoms with E-state index in [1.807, 2.05) is 50.8 Å². The number of fused-ring (bicyclic) bond motifs is 4. The number of piperazine rings is 1. The lowest BCUT2D eigenvalue weighted by atomic mass is 9.86. The summed E-state index contributed by atoms with van der Waals surface area (Å²) in [5.74, 6) is -0.174. The van der Waals surface area contributed by atoms with E-state index in [4.69, 9.17) is 10.5 Å². The van der Waals surface area contributed by atoms with Crippen LogP contribution in [0.5, 0.6) is 0 Å². The van der Waals surface area contributed by atoms with Gasteiger partial charge in [0.2, 0.25) is 0 Å². The first-order chi connectivity index (χ1) is 19.5. The summed E-state index contributed by atoms with van der Waals surface area (Å²) in [4.78, 5) is 36.1. The molecular weight excluding hydrogens is 536 g/mol. The number of benzene rings is 1. The van der Waals surface area contributed by atoms with Crippen LogP contribution >= 0.6 is 11.3 Å². The molecule has 1 aromatic carbocycles. The molecule has 2 amide bonds. The minimum atomic E-state index is -0.529. The SMILES string of the molecule is Cc1ccc2c(N)c(C(=O)N[C@@H]3CCc4cc(N5CC6CCC(C5)N6C(=O)OC(C)(C)C)c(C#N)cc4C3)sc2n1. The largest absolute Gasteiger partial charge is 0.444 e. The molecule has 1 aliphatic carbocycles. The molecule has 6 rings (SSSR count). The van der Waals surface area contributed by atoms with Crippen molar-refractivity contribution in [2.24, 2.45) is 0 Å². The van der Waals surface area contributed by atoms with Crippen molar-refractivity contribution in [1.82, 2.24) is 15.2 Å². The van der Waals surface area contributed by atoms with Crippen LogP contribution in [0, 0.1) is 18.3 Å². The number of carbonyl (C=O) groups is 2. The molecule has 10 heteroatoms. The number of amides is 2. The van der Waals surface area contributed by atoms with E-state index in [2.05, 4.69) is 27.3 Å². The second-order valence-corrected chi connectivity index (χ2v) is 13.5. The summed E-state index contributed by atoms with van der Waals surface area (Å²) in [5.41, 5.74) is 11.0. The van der Waals surface area contributed by atoms with Crippen LogP contribution in [-0.2, 0) is 17.6 Å². The molecule has 2 unspecified atom stereocenters. The van der Waals surface area contributed by atoms with Gasteiger partial charge in [-0.25, -0.2) is 9.78 Å². The number of hydrogen-bond donors (Lipinski definition) is 2. The number of anilines is 2. The Hall–Kier alpha value is -3.84. The number of hydrogen-bond acceptors (Lipinski definition) is 8. The fraction of sp³-hybridized carbons (Fsp3) is 0.484. The Balaban J connectivity index is 1.17. The molecule has 3 aromatic rings. The van der Waals surface area contributed by atoms with Crippen LogP contribution in [0.2, 0.25) is 0 Å². The maximum absolute atomic E-state index is 13.2. The molecule has 9 nitrogen and oxygen atoms in total. The zero-order valence-corrected chi connectivity index (χ0v) is 24.8. The zero-order chi connectivity index (χ0) is 29.1. The Bertz CT molecular complexity index is 1570. The molecule has 2 aliphatic heterocycles. The van der Waals surface area contributed by atoms with Crippen molar-refractivity contribution in [2.45, 2.75) is 83.5 Å². The summed E-state index contributed by atoms with van der Waals surface area (Å²) in [7, 11) is 0. The van der Waals surface area contributed by atoms with Crippen molar-refractivity contribution in [1.29, 1.82) is 5.26 Å². The third-order valence-corrected chi connectivity index (χ3v) is 9.48. The molecule has 2 fully saturated rings. The van der Waals surface area contributed by atoms with Crippen LogP contribution < -0.4 is 16.0 Å². The Labute approximate surface area is 244 Å². The van der Waals surface area contributed by atoms with Gasteiger partial charge in [-0.05, 0) is 95.2 Å². The molecule has 3 aliphatic rings. The van der Waals surface area contributed by atoms with Gasteiger partial charge in [0.15, 0.2) is 0 Å². The topological polar surface area (TPSA) is 125 Å². The van der Waals surface area contributed by atoms with Gasteiger partial charge in [-0.1, -0.05) is 0 Å². The monoisotopic (exact) mass is 572 g/mol. The average Bonchev–Trinajstić information content (AvgIpc) is 3.38. The second kappa shape index (κ2) is 10.2. The lowest BCUT2D eigenvalue weighted by Gasteiger charge is -2.42. The molecule has 3 N–H and O–H groups in total. The molecule has 0 spiro atoms. The quantitative estimate of drug-likeness (QED) is 0.456. The van der Waals surface area contributed by atoms with Crippen molar-refractivity contribution in [2.75, 3.05) is 23.7 Å². The zero-order valence-electron chi connectivity index (χ0n) is 24.0. The van der Waals surface area contributed by atoms with E-state index < -0.39 is 5.60 Å². The number of thiophene rings is 1. The number of nitrogens with one attached hydrogen (secondary N) is 1. The van der Waals surface area contributed by atoms with Gasteiger partial charge in [-0.15, -0.1) is 11.3 Å². The molecule has 214 valence electrons. The van der Waals surface area contributed by atoms with Crippen LogP contribution in [0.25, 0.3) is 10.2 Å². The summed E-state index contributed by atoms with van der Waals surface area (Å²) in [6, 6.07) is 10.5. The van der Waals surface area contributed by atoms with Crippen LogP contribution in [0.1, 0.15) is 72.1 Å². The highest BCUT2D eigenvalue weighted by molar-refractivity contribution is 7.21. The molecule has 41 heavy (non-hydrogen) atoms. The Morgan fingerprint density at radius 3 is 2.56 bits per heavy atom. The molecule has 2 aromatic heterocycles. The first-order valence-corrected chi connectivity index (χ1v) is 15.1. The van der Waals surface area contributed by atoms with Gasteiger partial charge < -0.3 is 20.7 Å². The van der Waals surface area contributed by atoms with Gasteiger partial charge in [-0.2, -0.15) is 5.26 Å². The third kappa shape index (κ3) is 5.19. The predicted octanol–water partition coefficient (Wildman–Crippen LogP) is 4.93. The second-order valence-electron chi connectivity index (χ2n) is 12.5. The van der Waals surface area contributed by atoms with Crippen molar-refractivity contribution in [3.63, 3.8) is 0 Å². The van der Waals surface area contributed by atoms with Gasteiger partial charge in [0.05, 0.1) is 29.0 Å². The normalized spacial score (nSPS) is 21.9. The molecule has 0 radical (unpaired) electrons. The number of nitrogens with two attached hydrogens (primary N) is 1. The number of nitriles is 1. The Morgan fingerprint density at radius 1 is 1.15 bits per heavy atom. The van der Waals surface area contributed by atoms with E-state index in [1.54, 1.807) is 0 Å². The predicted molar refractivity (Wildman–Crippen MR) is 160 cm³/mol. The number of nitrogen functional groups attached to an aromatic ring is 1. The lowest BCUT2D eigenvalue weighted by Crippen LogP contribution is -2.57. The van der Waals surface area contributed by atoms with E-state index in [9.17, 15) is 14.9 Å². The summed E-state index contributed by atoms with van der Waals surface area (Å²) in [6.07, 6.45) is 3.92. The molecule has 2 bridgehead atoms. The van der Waals surface area contributed by atoms with Crippen LogP contribution in [-0.4, -0.2) is 58.7 Å². The molecule has 0 saturated carbocycles. The molecule has 2 saturated heterocycles. The van der Waals surface area contributed by atoms with Crippen LogP contribution in [0.15, 0.2) is 24.3 Å². The molecule has 3 atom stereocenters. The number of aryl methyl sites for hydroxylation is 2. The maximum Gasteiger partial charge on any atom is 0.410 e. The van der Waals surface area contributed by atoms with E-state index in [0.29, 0.717) is 35.6 Å². The fourth-order valence-corrected chi connectivity index (χ4v) is 7.53. The van der Waals surface area contributed by atoms with Crippen LogP contribution in [0.3, 0.4) is 0 Å². The fourth-order valence-electron chi connectivity index (χ4n) is 6.49. The van der Waals surface area contributed by atoms with Gasteiger partial charge in [0, 0.05) is 30.2 Å². The summed E-state index contributed by atoms with van der Waals surface area (Å²) in [5, 5.41) is 14.1. The highest BCUT2D eigenvalue weighted by Gasteiger charge is 2.44. The number of ether oxygens (including phenoxy) is 1. The molecular formula is C31H36N6O3S. The smallest absolute Gasteiger partial charge is 0.410 e. The van der Waals surface area contributed by atoms with Gasteiger partial charge in [0.25, 0.3) is 5.91 Å². The minimum absolute atomic E-state index is 0.0417. The number of pyridine rings is 1. The van der Waals surface area contributed by atoms with Gasteiger partial charge in [0.1, 0.15) is 21.4 Å². The lowest BCUT2D eigenvalue weighted by molar-refractivity contribution is 0.0123. The van der Waals surface area contributed by atoms with E-state index in [0.717, 1.165) is 52.8 Å². The van der Waals surface area contributed by atoms with Gasteiger partial charge in [-0.3, -0.25) is 9.69 Å². The minimum Gasteiger partial charge on any atom is -0.444 e. The van der Waals surface area contributed by atoms with Crippen molar-refractivity contribution >= 4 is 44.9 Å². The van der Waals surface area contributed by atoms with E-state index >= 15 is 0 Å². The Morgan fingerprint density at radius 2 is 1.88 bits per heavy atom. The number of nitrogens with zero attached hydrogens (tertiary/aromatic N) is 4.